The summed E-state index contributed by atoms with van der Waals surface area (Å²) in [5.41, 5.74) is 1.02. The van der Waals surface area contributed by atoms with Crippen molar-refractivity contribution >= 4 is 33.5 Å². The molecule has 1 atom stereocenters. The number of carbonyl (C=O) groups is 2. The smallest absolute Gasteiger partial charge is 0.335 e. The van der Waals surface area contributed by atoms with Gasteiger partial charge in [-0.3, -0.25) is 4.79 Å². The van der Waals surface area contributed by atoms with E-state index in [1.165, 1.54) is 12.1 Å². The normalized spacial score (nSPS) is 22.8. The molecule has 1 aromatic carbocycles. The van der Waals surface area contributed by atoms with Crippen LogP contribution in [0.3, 0.4) is 0 Å². The van der Waals surface area contributed by atoms with Crippen molar-refractivity contribution in [2.75, 3.05) is 18.4 Å². The number of piperidine rings is 1. The number of hydrogen-bond acceptors (Lipinski definition) is 3. The Morgan fingerprint density at radius 1 is 1.33 bits per heavy atom. The molecule has 0 bridgehead atoms. The fourth-order valence-electron chi connectivity index (χ4n) is 3.17. The molecular formula is C15H17BrN2O3. The second-order valence-corrected chi connectivity index (χ2v) is 6.71. The molecule has 5 nitrogen and oxygen atoms in total. The van der Waals surface area contributed by atoms with E-state index in [1.54, 1.807) is 6.07 Å². The second-order valence-electron chi connectivity index (χ2n) is 5.86. The van der Waals surface area contributed by atoms with E-state index in [2.05, 4.69) is 26.6 Å². The molecule has 1 heterocycles. The number of halogens is 1. The van der Waals surface area contributed by atoms with E-state index >= 15 is 0 Å². The Balaban J connectivity index is 1.67. The van der Waals surface area contributed by atoms with Crippen molar-refractivity contribution in [1.29, 1.82) is 0 Å². The summed E-state index contributed by atoms with van der Waals surface area (Å²) in [6.07, 6.45) is 3.08. The van der Waals surface area contributed by atoms with Crippen molar-refractivity contribution in [2.24, 2.45) is 11.3 Å². The highest BCUT2D eigenvalue weighted by Gasteiger charge is 2.57. The molecule has 1 aliphatic heterocycles. The Morgan fingerprint density at radius 2 is 2.05 bits per heavy atom. The molecule has 6 heteroatoms. The van der Waals surface area contributed by atoms with Gasteiger partial charge in [0, 0.05) is 10.4 Å². The number of benzene rings is 1. The van der Waals surface area contributed by atoms with E-state index in [9.17, 15) is 9.59 Å². The van der Waals surface area contributed by atoms with E-state index in [-0.39, 0.29) is 22.8 Å². The van der Waals surface area contributed by atoms with Crippen LogP contribution in [0.25, 0.3) is 0 Å². The van der Waals surface area contributed by atoms with Crippen molar-refractivity contribution in [3.63, 3.8) is 0 Å². The Bertz CT molecular complexity index is 597. The zero-order valence-electron chi connectivity index (χ0n) is 11.5. The summed E-state index contributed by atoms with van der Waals surface area (Å²) in [7, 11) is 0. The highest BCUT2D eigenvalue weighted by Crippen LogP contribution is 2.58. The van der Waals surface area contributed by atoms with Gasteiger partial charge in [0.05, 0.1) is 11.3 Å². The number of hydrogen-bond donors (Lipinski definition) is 3. The second kappa shape index (κ2) is 5.42. The van der Waals surface area contributed by atoms with Crippen LogP contribution in [-0.2, 0) is 4.79 Å². The van der Waals surface area contributed by atoms with Crippen LogP contribution in [0.4, 0.5) is 5.69 Å². The van der Waals surface area contributed by atoms with Crippen molar-refractivity contribution in [3.8, 4) is 0 Å². The lowest BCUT2D eigenvalue weighted by Crippen LogP contribution is -2.31. The molecular weight excluding hydrogens is 336 g/mol. The fraction of sp³-hybridized carbons (Fsp3) is 0.467. The molecule has 1 unspecified atom stereocenters. The van der Waals surface area contributed by atoms with Crippen LogP contribution >= 0.6 is 15.9 Å². The lowest BCUT2D eigenvalue weighted by Gasteiger charge is -2.23. The average Bonchev–Trinajstić information content (AvgIpc) is 3.15. The topological polar surface area (TPSA) is 78.4 Å². The van der Waals surface area contributed by atoms with Gasteiger partial charge in [-0.15, -0.1) is 0 Å². The van der Waals surface area contributed by atoms with Crippen molar-refractivity contribution in [1.82, 2.24) is 5.32 Å². The fourth-order valence-corrected chi connectivity index (χ4v) is 3.64. The van der Waals surface area contributed by atoms with Gasteiger partial charge in [0.2, 0.25) is 5.91 Å². The molecule has 112 valence electrons. The first-order chi connectivity index (χ1) is 10.0. The molecule has 1 spiro atoms. The van der Waals surface area contributed by atoms with Gasteiger partial charge in [-0.05, 0) is 71.9 Å². The Morgan fingerprint density at radius 3 is 2.67 bits per heavy atom. The summed E-state index contributed by atoms with van der Waals surface area (Å²) in [5.74, 6) is -0.851. The van der Waals surface area contributed by atoms with Gasteiger partial charge in [0.15, 0.2) is 0 Å². The summed E-state index contributed by atoms with van der Waals surface area (Å²) >= 11 is 3.31. The van der Waals surface area contributed by atoms with Crippen LogP contribution in [-0.4, -0.2) is 30.1 Å². The first-order valence-electron chi connectivity index (χ1n) is 7.06. The zero-order valence-corrected chi connectivity index (χ0v) is 13.1. The van der Waals surface area contributed by atoms with E-state index in [4.69, 9.17) is 5.11 Å². The van der Waals surface area contributed by atoms with Crippen LogP contribution < -0.4 is 10.6 Å². The monoisotopic (exact) mass is 352 g/mol. The molecule has 0 aromatic heterocycles. The minimum atomic E-state index is -0.982. The van der Waals surface area contributed by atoms with Gasteiger partial charge in [-0.25, -0.2) is 4.79 Å². The van der Waals surface area contributed by atoms with E-state index < -0.39 is 5.97 Å². The number of aromatic carboxylic acids is 1. The Hall–Kier alpha value is -1.40. The number of anilines is 1. The molecule has 1 aliphatic carbocycles. The van der Waals surface area contributed by atoms with Crippen LogP contribution in [0.2, 0.25) is 0 Å². The van der Waals surface area contributed by atoms with Gasteiger partial charge in [-0.1, -0.05) is 0 Å². The maximum absolute atomic E-state index is 12.4. The summed E-state index contributed by atoms with van der Waals surface area (Å²) in [4.78, 5) is 23.2. The molecule has 0 radical (unpaired) electrons. The minimum Gasteiger partial charge on any atom is -0.478 e. The van der Waals surface area contributed by atoms with Crippen molar-refractivity contribution in [3.05, 3.63) is 28.2 Å². The molecule has 1 aromatic rings. The molecule has 3 rings (SSSR count). The third-order valence-electron chi connectivity index (χ3n) is 4.58. The van der Waals surface area contributed by atoms with E-state index in [0.29, 0.717) is 10.2 Å². The predicted octanol–water partition coefficient (Wildman–Crippen LogP) is 2.48. The van der Waals surface area contributed by atoms with Crippen LogP contribution in [0, 0.1) is 11.3 Å². The summed E-state index contributed by atoms with van der Waals surface area (Å²) in [6.45, 7) is 1.97. The summed E-state index contributed by atoms with van der Waals surface area (Å²) < 4.78 is 0.593. The molecule has 1 amide bonds. The average molecular weight is 353 g/mol. The van der Waals surface area contributed by atoms with Gasteiger partial charge >= 0.3 is 5.97 Å². The first kappa shape index (κ1) is 14.5. The van der Waals surface area contributed by atoms with E-state index in [1.807, 2.05) is 0 Å². The van der Waals surface area contributed by atoms with Crippen LogP contribution in [0.5, 0.6) is 0 Å². The van der Waals surface area contributed by atoms with Gasteiger partial charge in [0.1, 0.15) is 0 Å². The summed E-state index contributed by atoms with van der Waals surface area (Å²) in [6, 6.07) is 4.63. The van der Waals surface area contributed by atoms with Crippen LogP contribution in [0.15, 0.2) is 22.7 Å². The third-order valence-corrected chi connectivity index (χ3v) is 5.24. The lowest BCUT2D eigenvalue weighted by atomic mass is 9.92. The van der Waals surface area contributed by atoms with Crippen LogP contribution in [0.1, 0.15) is 29.6 Å². The van der Waals surface area contributed by atoms with Gasteiger partial charge < -0.3 is 15.7 Å². The Kier molecular flexibility index (Phi) is 3.75. The SMILES string of the molecule is O=C(O)c1ccc(NC(=O)C2CC23CCNCC3)c(Br)c1. The van der Waals surface area contributed by atoms with Gasteiger partial charge in [-0.2, -0.15) is 0 Å². The number of nitrogens with one attached hydrogen (secondary N) is 2. The molecule has 2 fully saturated rings. The number of carboxylic acid groups (broad SMARTS) is 1. The lowest BCUT2D eigenvalue weighted by molar-refractivity contribution is -0.118. The largest absolute Gasteiger partial charge is 0.478 e. The highest BCUT2D eigenvalue weighted by molar-refractivity contribution is 9.10. The summed E-state index contributed by atoms with van der Waals surface area (Å²) in [5, 5.41) is 15.2. The standard InChI is InChI=1S/C15H17BrN2O3/c16-11-7-9(14(20)21)1-2-12(11)18-13(19)10-8-15(10)3-5-17-6-4-15/h1-2,7,10,17H,3-6,8H2,(H,18,19)(H,20,21). The van der Waals surface area contributed by atoms with E-state index in [0.717, 1.165) is 32.4 Å². The molecule has 21 heavy (non-hydrogen) atoms. The number of carbonyl (C=O) groups excluding carboxylic acids is 1. The highest BCUT2D eigenvalue weighted by atomic mass is 79.9. The van der Waals surface area contributed by atoms with Crippen molar-refractivity contribution in [2.45, 2.75) is 19.3 Å². The first-order valence-corrected chi connectivity index (χ1v) is 7.86. The number of carboxylic acids is 1. The molecule has 3 N–H and O–H groups in total. The molecule has 1 saturated carbocycles. The maximum Gasteiger partial charge on any atom is 0.335 e. The Labute approximate surface area is 131 Å². The molecule has 1 saturated heterocycles. The number of amides is 1. The van der Waals surface area contributed by atoms with Crippen molar-refractivity contribution < 1.29 is 14.7 Å². The zero-order chi connectivity index (χ0) is 15.0. The number of rotatable bonds is 3. The molecule has 2 aliphatic rings. The van der Waals surface area contributed by atoms with Gasteiger partial charge in [0.25, 0.3) is 0 Å². The minimum absolute atomic E-state index is 0.0423. The predicted molar refractivity (Wildman–Crippen MR) is 82.4 cm³/mol. The third kappa shape index (κ3) is 2.82. The maximum atomic E-state index is 12.4. The quantitative estimate of drug-likeness (QED) is 0.780.